The number of aromatic nitrogens is 2. The van der Waals surface area contributed by atoms with Crippen molar-refractivity contribution in [1.82, 2.24) is 9.78 Å². The van der Waals surface area contributed by atoms with Crippen LogP contribution in [-0.2, 0) is 4.74 Å². The van der Waals surface area contributed by atoms with Gasteiger partial charge in [-0.1, -0.05) is 5.11 Å². The van der Waals surface area contributed by atoms with E-state index in [4.69, 9.17) is 10.3 Å². The SMILES string of the molecule is [N-]=[N+]=NC1COCC1n1cc(Br)cn1. The number of halogens is 1. The molecule has 6 nitrogen and oxygen atoms in total. The van der Waals surface area contributed by atoms with Crippen LogP contribution in [0.4, 0.5) is 0 Å². The Kier molecular flexibility index (Phi) is 2.72. The van der Waals surface area contributed by atoms with Gasteiger partial charge in [-0.05, 0) is 21.5 Å². The van der Waals surface area contributed by atoms with E-state index < -0.39 is 0 Å². The molecule has 0 N–H and O–H groups in total. The Morgan fingerprint density at radius 2 is 2.57 bits per heavy atom. The van der Waals surface area contributed by atoms with Crippen LogP contribution in [0.1, 0.15) is 6.04 Å². The molecule has 7 heteroatoms. The fourth-order valence-electron chi connectivity index (χ4n) is 1.46. The molecule has 0 amide bonds. The fourth-order valence-corrected chi connectivity index (χ4v) is 1.76. The summed E-state index contributed by atoms with van der Waals surface area (Å²) in [7, 11) is 0. The minimum Gasteiger partial charge on any atom is -0.379 e. The summed E-state index contributed by atoms with van der Waals surface area (Å²) < 4.78 is 7.91. The van der Waals surface area contributed by atoms with Crippen LogP contribution >= 0.6 is 15.9 Å². The Balaban J connectivity index is 2.21. The molecule has 1 fully saturated rings. The van der Waals surface area contributed by atoms with Gasteiger partial charge in [0.15, 0.2) is 0 Å². The highest BCUT2D eigenvalue weighted by molar-refractivity contribution is 9.10. The Hall–Kier alpha value is -1.04. The van der Waals surface area contributed by atoms with Crippen molar-refractivity contribution < 1.29 is 4.74 Å². The molecule has 0 radical (unpaired) electrons. The zero-order chi connectivity index (χ0) is 9.97. The van der Waals surface area contributed by atoms with E-state index in [-0.39, 0.29) is 12.1 Å². The van der Waals surface area contributed by atoms with Gasteiger partial charge in [0, 0.05) is 11.1 Å². The van der Waals surface area contributed by atoms with Gasteiger partial charge in [-0.25, -0.2) is 0 Å². The lowest BCUT2D eigenvalue weighted by molar-refractivity contribution is 0.183. The molecule has 2 unspecified atom stereocenters. The number of azide groups is 1. The molecule has 0 aromatic carbocycles. The summed E-state index contributed by atoms with van der Waals surface area (Å²) >= 11 is 3.31. The zero-order valence-electron chi connectivity index (χ0n) is 7.25. The Morgan fingerprint density at radius 3 is 3.21 bits per heavy atom. The summed E-state index contributed by atoms with van der Waals surface area (Å²) in [5.74, 6) is 0. The summed E-state index contributed by atoms with van der Waals surface area (Å²) in [5.41, 5.74) is 8.36. The minimum atomic E-state index is -0.160. The van der Waals surface area contributed by atoms with Gasteiger partial charge in [0.2, 0.25) is 0 Å². The molecular weight excluding hydrogens is 250 g/mol. The molecule has 0 bridgehead atoms. The normalized spacial score (nSPS) is 26.1. The van der Waals surface area contributed by atoms with Crippen LogP contribution < -0.4 is 0 Å². The quantitative estimate of drug-likeness (QED) is 0.461. The molecular formula is C7H8BrN5O. The maximum Gasteiger partial charge on any atom is 0.0859 e. The average Bonchev–Trinajstić information content (AvgIpc) is 2.74. The predicted molar refractivity (Wildman–Crippen MR) is 52.7 cm³/mol. The molecule has 1 aromatic heterocycles. The van der Waals surface area contributed by atoms with Crippen LogP contribution in [0.5, 0.6) is 0 Å². The van der Waals surface area contributed by atoms with Gasteiger partial charge in [-0.2, -0.15) is 5.10 Å². The lowest BCUT2D eigenvalue weighted by atomic mass is 10.2. The van der Waals surface area contributed by atoms with Crippen molar-refractivity contribution in [2.45, 2.75) is 12.1 Å². The van der Waals surface area contributed by atoms with Gasteiger partial charge in [0.05, 0.1) is 36.0 Å². The molecule has 1 saturated heterocycles. The van der Waals surface area contributed by atoms with Gasteiger partial charge >= 0.3 is 0 Å². The van der Waals surface area contributed by atoms with Crippen LogP contribution in [0.25, 0.3) is 10.4 Å². The lowest BCUT2D eigenvalue weighted by Gasteiger charge is -2.12. The van der Waals surface area contributed by atoms with E-state index in [0.29, 0.717) is 13.2 Å². The second-order valence-electron chi connectivity index (χ2n) is 3.02. The number of hydrogen-bond acceptors (Lipinski definition) is 3. The summed E-state index contributed by atoms with van der Waals surface area (Å²) in [6.45, 7) is 1.00. The largest absolute Gasteiger partial charge is 0.379 e. The van der Waals surface area contributed by atoms with Crippen molar-refractivity contribution in [1.29, 1.82) is 0 Å². The minimum absolute atomic E-state index is 0.0113. The second-order valence-corrected chi connectivity index (χ2v) is 3.93. The first-order valence-electron chi connectivity index (χ1n) is 4.13. The van der Waals surface area contributed by atoms with E-state index in [1.807, 2.05) is 6.20 Å². The first-order valence-corrected chi connectivity index (χ1v) is 4.92. The number of ether oxygens (including phenoxy) is 1. The zero-order valence-corrected chi connectivity index (χ0v) is 8.83. The first kappa shape index (κ1) is 9.51. The van der Waals surface area contributed by atoms with E-state index in [1.165, 1.54) is 0 Å². The van der Waals surface area contributed by atoms with Crippen molar-refractivity contribution in [2.24, 2.45) is 5.11 Å². The third kappa shape index (κ3) is 1.75. The smallest absolute Gasteiger partial charge is 0.0859 e. The predicted octanol–water partition coefficient (Wildman–Crippen LogP) is 1.90. The highest BCUT2D eigenvalue weighted by atomic mass is 79.9. The third-order valence-electron chi connectivity index (χ3n) is 2.13. The number of nitrogens with zero attached hydrogens (tertiary/aromatic N) is 5. The molecule has 1 aliphatic rings. The molecule has 2 atom stereocenters. The van der Waals surface area contributed by atoms with Gasteiger partial charge in [-0.3, -0.25) is 4.68 Å². The van der Waals surface area contributed by atoms with Crippen molar-refractivity contribution >= 4 is 15.9 Å². The standard InChI is InChI=1S/C7H8BrN5O/c8-5-1-10-13(2-5)7-4-14-3-6(7)11-12-9/h1-2,6-7H,3-4H2. The monoisotopic (exact) mass is 257 g/mol. The van der Waals surface area contributed by atoms with E-state index in [1.54, 1.807) is 10.9 Å². The number of hydrogen-bond donors (Lipinski definition) is 0. The lowest BCUT2D eigenvalue weighted by Crippen LogP contribution is -2.20. The molecule has 0 aliphatic carbocycles. The molecule has 1 aromatic rings. The van der Waals surface area contributed by atoms with Crippen molar-refractivity contribution in [3.05, 3.63) is 27.3 Å². The van der Waals surface area contributed by atoms with Gasteiger partial charge in [-0.15, -0.1) is 0 Å². The molecule has 2 heterocycles. The van der Waals surface area contributed by atoms with E-state index in [2.05, 4.69) is 31.1 Å². The molecule has 0 spiro atoms. The van der Waals surface area contributed by atoms with Gasteiger partial charge in [0.1, 0.15) is 0 Å². The highest BCUT2D eigenvalue weighted by Gasteiger charge is 2.29. The Morgan fingerprint density at radius 1 is 1.71 bits per heavy atom. The Bertz CT molecular complexity index is 372. The average molecular weight is 258 g/mol. The molecule has 2 rings (SSSR count). The van der Waals surface area contributed by atoms with Crippen molar-refractivity contribution in [2.75, 3.05) is 13.2 Å². The van der Waals surface area contributed by atoms with Crippen LogP contribution in [0.2, 0.25) is 0 Å². The first-order chi connectivity index (χ1) is 6.81. The summed E-state index contributed by atoms with van der Waals surface area (Å²) in [6, 6.07) is -0.149. The van der Waals surface area contributed by atoms with E-state index in [9.17, 15) is 0 Å². The van der Waals surface area contributed by atoms with Gasteiger partial charge in [0.25, 0.3) is 0 Å². The van der Waals surface area contributed by atoms with Crippen molar-refractivity contribution in [3.8, 4) is 0 Å². The second kappa shape index (κ2) is 4.00. The topological polar surface area (TPSA) is 75.8 Å². The molecule has 1 aliphatic heterocycles. The maximum atomic E-state index is 8.36. The van der Waals surface area contributed by atoms with Crippen LogP contribution in [0.3, 0.4) is 0 Å². The van der Waals surface area contributed by atoms with E-state index >= 15 is 0 Å². The fraction of sp³-hybridized carbons (Fsp3) is 0.571. The summed E-state index contributed by atoms with van der Waals surface area (Å²) in [5, 5.41) is 7.81. The van der Waals surface area contributed by atoms with Crippen LogP contribution in [0.15, 0.2) is 22.0 Å². The van der Waals surface area contributed by atoms with Crippen LogP contribution in [-0.4, -0.2) is 29.0 Å². The Labute approximate surface area is 88.6 Å². The van der Waals surface area contributed by atoms with Gasteiger partial charge < -0.3 is 4.74 Å². The van der Waals surface area contributed by atoms with E-state index in [0.717, 1.165) is 4.47 Å². The van der Waals surface area contributed by atoms with Crippen LogP contribution in [0, 0.1) is 0 Å². The molecule has 74 valence electrons. The molecule has 14 heavy (non-hydrogen) atoms. The highest BCUT2D eigenvalue weighted by Crippen LogP contribution is 2.23. The molecule has 0 saturated carbocycles. The number of rotatable bonds is 2. The summed E-state index contributed by atoms with van der Waals surface area (Å²) in [6.07, 6.45) is 3.55. The maximum absolute atomic E-state index is 8.36. The summed E-state index contributed by atoms with van der Waals surface area (Å²) in [4.78, 5) is 2.79. The third-order valence-corrected chi connectivity index (χ3v) is 2.54. The van der Waals surface area contributed by atoms with Crippen molar-refractivity contribution in [3.63, 3.8) is 0 Å².